The quantitative estimate of drug-likeness (QED) is 0.883. The summed E-state index contributed by atoms with van der Waals surface area (Å²) >= 11 is 0. The van der Waals surface area contributed by atoms with E-state index in [-0.39, 0.29) is 17.4 Å². The summed E-state index contributed by atoms with van der Waals surface area (Å²) in [5.74, 6) is -0.595. The number of rotatable bonds is 5. The van der Waals surface area contributed by atoms with Crippen molar-refractivity contribution in [1.29, 1.82) is 0 Å². The molecule has 0 aliphatic rings. The molecule has 21 heavy (non-hydrogen) atoms. The van der Waals surface area contributed by atoms with Crippen molar-refractivity contribution in [3.05, 3.63) is 41.2 Å². The molecule has 0 saturated carbocycles. The largest absolute Gasteiger partial charge is 0.508 e. The Morgan fingerprint density at radius 3 is 2.48 bits per heavy atom. The Balaban J connectivity index is 2.62. The minimum absolute atomic E-state index is 0.0457. The Kier molecular flexibility index (Phi) is 4.31. The summed E-state index contributed by atoms with van der Waals surface area (Å²) in [6.45, 7) is 6.03. The molecule has 0 aliphatic carbocycles. The van der Waals surface area contributed by atoms with Gasteiger partial charge in [0.15, 0.2) is 5.69 Å². The highest BCUT2D eigenvalue weighted by molar-refractivity contribution is 5.85. The van der Waals surface area contributed by atoms with Crippen LogP contribution in [-0.4, -0.2) is 26.0 Å². The van der Waals surface area contributed by atoms with Crippen molar-refractivity contribution < 1.29 is 15.0 Å². The Morgan fingerprint density at radius 2 is 1.95 bits per heavy atom. The summed E-state index contributed by atoms with van der Waals surface area (Å²) in [6.07, 6.45) is 1.83. The number of hydrogen-bond acceptors (Lipinski definition) is 3. The van der Waals surface area contributed by atoms with E-state index in [1.54, 1.807) is 28.9 Å². The van der Waals surface area contributed by atoms with Gasteiger partial charge in [-0.3, -0.25) is 0 Å². The number of carboxylic acids is 1. The number of aromatic carboxylic acids is 1. The van der Waals surface area contributed by atoms with E-state index in [0.29, 0.717) is 0 Å². The maximum absolute atomic E-state index is 11.2. The van der Waals surface area contributed by atoms with E-state index in [9.17, 15) is 15.0 Å². The lowest BCUT2D eigenvalue weighted by molar-refractivity contribution is 0.0690. The van der Waals surface area contributed by atoms with Gasteiger partial charge in [-0.15, -0.1) is 0 Å². The normalized spacial score (nSPS) is 11.0. The molecule has 5 nitrogen and oxygen atoms in total. The highest BCUT2D eigenvalue weighted by atomic mass is 16.4. The molecule has 2 rings (SSSR count). The molecular weight excluding hydrogens is 268 g/mol. The third-order valence-corrected chi connectivity index (χ3v) is 3.77. The zero-order valence-corrected chi connectivity index (χ0v) is 12.5. The number of carboxylic acid groups (broad SMARTS) is 1. The molecule has 1 heterocycles. The van der Waals surface area contributed by atoms with E-state index >= 15 is 0 Å². The molecule has 112 valence electrons. The number of carbonyl (C=O) groups is 1. The van der Waals surface area contributed by atoms with Crippen LogP contribution in [0.15, 0.2) is 24.3 Å². The van der Waals surface area contributed by atoms with Gasteiger partial charge in [0.25, 0.3) is 0 Å². The van der Waals surface area contributed by atoms with Crippen molar-refractivity contribution in [1.82, 2.24) is 9.78 Å². The molecule has 0 unspecified atom stereocenters. The maximum Gasteiger partial charge on any atom is 0.356 e. The van der Waals surface area contributed by atoms with Crippen molar-refractivity contribution in [3.8, 4) is 11.4 Å². The molecule has 2 N–H and O–H groups in total. The number of phenolic OH excluding ortho intramolecular Hbond substituents is 1. The number of hydrogen-bond donors (Lipinski definition) is 2. The van der Waals surface area contributed by atoms with Crippen molar-refractivity contribution in [2.45, 2.75) is 39.5 Å². The number of nitrogens with zero attached hydrogens (tertiary/aromatic N) is 2. The molecule has 2 aromatic rings. The Labute approximate surface area is 123 Å². The lowest BCUT2D eigenvalue weighted by Gasteiger charge is -2.16. The first-order chi connectivity index (χ1) is 9.97. The van der Waals surface area contributed by atoms with Gasteiger partial charge in [0.05, 0.1) is 5.69 Å². The van der Waals surface area contributed by atoms with Crippen molar-refractivity contribution in [2.24, 2.45) is 0 Å². The summed E-state index contributed by atoms with van der Waals surface area (Å²) in [5.41, 5.74) is 2.58. The SMILES string of the molecule is CCC(CC)c1cc(C(=O)O)nn1-c1ccc(O)cc1C. The van der Waals surface area contributed by atoms with Gasteiger partial charge in [0.2, 0.25) is 0 Å². The molecule has 1 aromatic heterocycles. The number of benzene rings is 1. The Morgan fingerprint density at radius 1 is 1.29 bits per heavy atom. The first-order valence-electron chi connectivity index (χ1n) is 7.11. The van der Waals surface area contributed by atoms with E-state index in [4.69, 9.17) is 0 Å². The summed E-state index contributed by atoms with van der Waals surface area (Å²) < 4.78 is 1.69. The number of aromatic hydroxyl groups is 1. The summed E-state index contributed by atoms with van der Waals surface area (Å²) in [6, 6.07) is 6.64. The highest BCUT2D eigenvalue weighted by Gasteiger charge is 2.20. The van der Waals surface area contributed by atoms with Crippen molar-refractivity contribution in [2.75, 3.05) is 0 Å². The molecule has 1 aromatic carbocycles. The first kappa shape index (κ1) is 15.1. The van der Waals surface area contributed by atoms with Gasteiger partial charge in [-0.05, 0) is 49.6 Å². The van der Waals surface area contributed by atoms with Crippen LogP contribution in [0.4, 0.5) is 0 Å². The molecule has 0 radical (unpaired) electrons. The van der Waals surface area contributed by atoms with Gasteiger partial charge in [0.1, 0.15) is 5.75 Å². The summed E-state index contributed by atoms with van der Waals surface area (Å²) in [7, 11) is 0. The Hall–Kier alpha value is -2.30. The fourth-order valence-electron chi connectivity index (χ4n) is 2.57. The average Bonchev–Trinajstić information content (AvgIpc) is 2.85. The molecule has 0 saturated heterocycles. The average molecular weight is 288 g/mol. The second-order valence-corrected chi connectivity index (χ2v) is 5.16. The van der Waals surface area contributed by atoms with Gasteiger partial charge < -0.3 is 10.2 Å². The van der Waals surface area contributed by atoms with Gasteiger partial charge in [-0.2, -0.15) is 5.10 Å². The summed E-state index contributed by atoms with van der Waals surface area (Å²) in [5, 5.41) is 22.9. The molecule has 0 atom stereocenters. The minimum atomic E-state index is -1.03. The van der Waals surface area contributed by atoms with Crippen LogP contribution in [-0.2, 0) is 0 Å². The zero-order valence-electron chi connectivity index (χ0n) is 12.5. The highest BCUT2D eigenvalue weighted by Crippen LogP contribution is 2.28. The number of aryl methyl sites for hydroxylation is 1. The molecule has 5 heteroatoms. The second-order valence-electron chi connectivity index (χ2n) is 5.16. The van der Waals surface area contributed by atoms with Crippen LogP contribution in [0.25, 0.3) is 5.69 Å². The molecular formula is C16H20N2O3. The standard InChI is InChI=1S/C16H20N2O3/c1-4-11(5-2)15-9-13(16(20)21)17-18(15)14-7-6-12(19)8-10(14)3/h6-9,11,19H,4-5H2,1-3H3,(H,20,21). The van der Waals surface area contributed by atoms with Crippen LogP contribution in [0.3, 0.4) is 0 Å². The predicted molar refractivity (Wildman–Crippen MR) is 80.2 cm³/mol. The van der Waals surface area contributed by atoms with Crippen LogP contribution >= 0.6 is 0 Å². The molecule has 0 bridgehead atoms. The van der Waals surface area contributed by atoms with E-state index in [1.807, 2.05) is 6.92 Å². The van der Waals surface area contributed by atoms with Gasteiger partial charge in [-0.1, -0.05) is 13.8 Å². The van der Waals surface area contributed by atoms with E-state index < -0.39 is 5.97 Å². The summed E-state index contributed by atoms with van der Waals surface area (Å²) in [4.78, 5) is 11.2. The van der Waals surface area contributed by atoms with E-state index in [1.165, 1.54) is 0 Å². The zero-order chi connectivity index (χ0) is 15.6. The van der Waals surface area contributed by atoms with Crippen LogP contribution < -0.4 is 0 Å². The van der Waals surface area contributed by atoms with Gasteiger partial charge in [-0.25, -0.2) is 9.48 Å². The van der Waals surface area contributed by atoms with Gasteiger partial charge >= 0.3 is 5.97 Å². The number of phenols is 1. The molecule has 0 spiro atoms. The molecule has 0 amide bonds. The third kappa shape index (κ3) is 2.91. The van der Waals surface area contributed by atoms with Crippen LogP contribution in [0.5, 0.6) is 5.75 Å². The monoisotopic (exact) mass is 288 g/mol. The molecule has 0 fully saturated rings. The predicted octanol–water partition coefficient (Wildman–Crippen LogP) is 3.49. The lowest BCUT2D eigenvalue weighted by Crippen LogP contribution is -2.08. The van der Waals surface area contributed by atoms with Crippen LogP contribution in [0.1, 0.15) is 54.4 Å². The topological polar surface area (TPSA) is 75.3 Å². The first-order valence-corrected chi connectivity index (χ1v) is 7.11. The van der Waals surface area contributed by atoms with E-state index in [2.05, 4.69) is 18.9 Å². The van der Waals surface area contributed by atoms with Crippen molar-refractivity contribution >= 4 is 5.97 Å². The fourth-order valence-corrected chi connectivity index (χ4v) is 2.57. The van der Waals surface area contributed by atoms with Crippen LogP contribution in [0, 0.1) is 6.92 Å². The smallest absolute Gasteiger partial charge is 0.356 e. The molecule has 0 aliphatic heterocycles. The maximum atomic E-state index is 11.2. The third-order valence-electron chi connectivity index (χ3n) is 3.77. The second kappa shape index (κ2) is 5.99. The fraction of sp³-hybridized carbons (Fsp3) is 0.375. The van der Waals surface area contributed by atoms with Crippen LogP contribution in [0.2, 0.25) is 0 Å². The minimum Gasteiger partial charge on any atom is -0.508 e. The number of aromatic nitrogens is 2. The van der Waals surface area contributed by atoms with E-state index in [0.717, 1.165) is 29.8 Å². The van der Waals surface area contributed by atoms with Crippen molar-refractivity contribution in [3.63, 3.8) is 0 Å². The Bertz CT molecular complexity index is 658. The lowest BCUT2D eigenvalue weighted by atomic mass is 9.98. The van der Waals surface area contributed by atoms with Gasteiger partial charge in [0, 0.05) is 11.6 Å².